The number of aryl methyl sites for hydroxylation is 1. The van der Waals surface area contributed by atoms with Crippen molar-refractivity contribution >= 4 is 16.6 Å². The molecule has 0 bridgehead atoms. The molecule has 0 radical (unpaired) electrons. The van der Waals surface area contributed by atoms with Gasteiger partial charge in [0.2, 0.25) is 5.75 Å². The molecule has 0 aliphatic rings. The first-order valence-corrected chi connectivity index (χ1v) is 11.4. The van der Waals surface area contributed by atoms with Crippen LogP contribution in [-0.4, -0.2) is 17.7 Å². The predicted molar refractivity (Wildman–Crippen MR) is 127 cm³/mol. The molecule has 0 saturated carbocycles. The lowest BCUT2D eigenvalue weighted by Gasteiger charge is -2.18. The van der Waals surface area contributed by atoms with Crippen molar-refractivity contribution in [1.29, 1.82) is 0 Å². The van der Waals surface area contributed by atoms with Gasteiger partial charge in [-0.15, -0.1) is 0 Å². The minimum Gasteiger partial charge on any atom is -0.485 e. The van der Waals surface area contributed by atoms with E-state index < -0.39 is 0 Å². The van der Waals surface area contributed by atoms with Gasteiger partial charge in [-0.25, -0.2) is 0 Å². The first-order valence-electron chi connectivity index (χ1n) is 11.4. The number of ether oxygens (including phenoxy) is 2. The van der Waals surface area contributed by atoms with Crippen molar-refractivity contribution in [2.75, 3.05) is 18.5 Å². The minimum absolute atomic E-state index is 0.162. The number of fused-ring (bicyclic) bond motifs is 1. The van der Waals surface area contributed by atoms with E-state index in [0.717, 1.165) is 61.0 Å². The maximum absolute atomic E-state index is 13.2. The average Bonchev–Trinajstić information content (AvgIpc) is 2.76. The molecule has 0 fully saturated rings. The molecule has 5 heteroatoms. The molecule has 2 aromatic rings. The van der Waals surface area contributed by atoms with Gasteiger partial charge >= 0.3 is 0 Å². The van der Waals surface area contributed by atoms with Crippen LogP contribution in [0, 0.1) is 0 Å². The predicted octanol–water partition coefficient (Wildman–Crippen LogP) is 6.40. The van der Waals surface area contributed by atoms with Crippen molar-refractivity contribution in [3.63, 3.8) is 0 Å². The van der Waals surface area contributed by atoms with E-state index in [0.29, 0.717) is 18.1 Å². The number of rotatable bonds is 13. The topological polar surface area (TPSA) is 52.5 Å². The van der Waals surface area contributed by atoms with Gasteiger partial charge in [0, 0.05) is 31.1 Å². The summed E-state index contributed by atoms with van der Waals surface area (Å²) in [4.78, 5) is 13.2. The molecular formula is C25H38N2O3. The van der Waals surface area contributed by atoms with Gasteiger partial charge in [0.25, 0.3) is 5.56 Å². The van der Waals surface area contributed by atoms with E-state index in [2.05, 4.69) is 19.2 Å². The second-order valence-corrected chi connectivity index (χ2v) is 7.65. The summed E-state index contributed by atoms with van der Waals surface area (Å²) in [6, 6.07) is 6.08. The summed E-state index contributed by atoms with van der Waals surface area (Å²) in [5.74, 6) is 1.66. The second kappa shape index (κ2) is 12.3. The third-order valence-corrected chi connectivity index (χ3v) is 5.32. The van der Waals surface area contributed by atoms with Crippen LogP contribution in [0.1, 0.15) is 72.6 Å². The summed E-state index contributed by atoms with van der Waals surface area (Å²) >= 11 is 0. The Labute approximate surface area is 181 Å². The van der Waals surface area contributed by atoms with Crippen LogP contribution in [-0.2, 0) is 7.05 Å². The normalized spacial score (nSPS) is 11.7. The molecule has 5 nitrogen and oxygen atoms in total. The van der Waals surface area contributed by atoms with Crippen LogP contribution in [0.4, 0.5) is 5.69 Å². The zero-order valence-corrected chi connectivity index (χ0v) is 19.3. The highest BCUT2D eigenvalue weighted by atomic mass is 16.5. The molecule has 0 aliphatic heterocycles. The number of benzene rings is 1. The maximum Gasteiger partial charge on any atom is 0.297 e. The standard InChI is InChI=1S/C25H38N2O3/c1-6-10-12-13-17-29-24-23(30-20(8-3)9-4)21-15-14-19(26-16-11-7-2)18-22(21)27(5)25(24)28/h8,14-15,18,26H,6-7,9-13,16-17H2,1-5H3. The number of anilines is 1. The molecule has 0 amide bonds. The number of hydrogen-bond acceptors (Lipinski definition) is 4. The van der Waals surface area contributed by atoms with Gasteiger partial charge in [0.1, 0.15) is 0 Å². The Hall–Kier alpha value is -2.43. The Morgan fingerprint density at radius 3 is 2.50 bits per heavy atom. The summed E-state index contributed by atoms with van der Waals surface area (Å²) < 4.78 is 13.9. The van der Waals surface area contributed by atoms with Crippen molar-refractivity contribution in [2.45, 2.75) is 72.6 Å². The highest BCUT2D eigenvalue weighted by Crippen LogP contribution is 2.35. The van der Waals surface area contributed by atoms with Crippen molar-refractivity contribution in [1.82, 2.24) is 4.57 Å². The molecule has 0 spiro atoms. The van der Waals surface area contributed by atoms with Gasteiger partial charge in [-0.1, -0.05) is 46.5 Å². The molecule has 0 unspecified atom stereocenters. The van der Waals surface area contributed by atoms with E-state index in [1.165, 1.54) is 12.8 Å². The Balaban J connectivity index is 2.47. The summed E-state index contributed by atoms with van der Waals surface area (Å²) in [5.41, 5.74) is 1.68. The Bertz CT molecular complexity index is 899. The van der Waals surface area contributed by atoms with Crippen molar-refractivity contribution < 1.29 is 9.47 Å². The lowest BCUT2D eigenvalue weighted by Crippen LogP contribution is -2.21. The average molecular weight is 415 g/mol. The largest absolute Gasteiger partial charge is 0.485 e. The zero-order valence-electron chi connectivity index (χ0n) is 19.3. The van der Waals surface area contributed by atoms with Crippen LogP contribution in [0.3, 0.4) is 0 Å². The monoisotopic (exact) mass is 414 g/mol. The number of aromatic nitrogens is 1. The molecule has 0 atom stereocenters. The smallest absolute Gasteiger partial charge is 0.297 e. The van der Waals surface area contributed by atoms with Crippen LogP contribution < -0.4 is 20.3 Å². The number of hydrogen-bond donors (Lipinski definition) is 1. The number of nitrogens with one attached hydrogen (secondary N) is 1. The number of allylic oxidation sites excluding steroid dienone is 2. The Kier molecular flexibility index (Phi) is 9.78. The second-order valence-electron chi connectivity index (χ2n) is 7.65. The summed E-state index contributed by atoms with van der Waals surface area (Å²) in [7, 11) is 1.80. The van der Waals surface area contributed by atoms with Gasteiger partial charge in [0.05, 0.1) is 17.9 Å². The Morgan fingerprint density at radius 2 is 1.83 bits per heavy atom. The van der Waals surface area contributed by atoms with Crippen LogP contribution in [0.5, 0.6) is 11.5 Å². The highest BCUT2D eigenvalue weighted by Gasteiger charge is 2.19. The maximum atomic E-state index is 13.2. The molecule has 0 saturated heterocycles. The SMILES string of the molecule is CC=C(CC)Oc1c(OCCCCCC)c(=O)n(C)c2cc(NCCCC)ccc12. The van der Waals surface area contributed by atoms with Gasteiger partial charge in [-0.3, -0.25) is 4.79 Å². The molecular weight excluding hydrogens is 376 g/mol. The first-order chi connectivity index (χ1) is 14.6. The molecule has 2 rings (SSSR count). The summed E-state index contributed by atoms with van der Waals surface area (Å²) in [5, 5.41) is 4.32. The molecule has 0 aliphatic carbocycles. The van der Waals surface area contributed by atoms with E-state index in [4.69, 9.17) is 9.47 Å². The van der Waals surface area contributed by atoms with Crippen LogP contribution in [0.2, 0.25) is 0 Å². The molecule has 30 heavy (non-hydrogen) atoms. The molecule has 1 N–H and O–H groups in total. The van der Waals surface area contributed by atoms with E-state index >= 15 is 0 Å². The molecule has 1 aromatic heterocycles. The minimum atomic E-state index is -0.162. The number of nitrogens with zero attached hydrogens (tertiary/aromatic N) is 1. The quantitative estimate of drug-likeness (QED) is 0.304. The van der Waals surface area contributed by atoms with Gasteiger partial charge < -0.3 is 19.4 Å². The highest BCUT2D eigenvalue weighted by molar-refractivity contribution is 5.90. The van der Waals surface area contributed by atoms with Crippen LogP contribution in [0.15, 0.2) is 34.8 Å². The summed E-state index contributed by atoms with van der Waals surface area (Å²) in [6.07, 6.45) is 9.31. The third kappa shape index (κ3) is 6.04. The molecule has 166 valence electrons. The fourth-order valence-corrected chi connectivity index (χ4v) is 3.40. The third-order valence-electron chi connectivity index (χ3n) is 5.32. The molecule has 1 heterocycles. The fraction of sp³-hybridized carbons (Fsp3) is 0.560. The number of unbranched alkanes of at least 4 members (excludes halogenated alkanes) is 4. The van der Waals surface area contributed by atoms with Crippen molar-refractivity contribution in [3.8, 4) is 11.5 Å². The number of pyridine rings is 1. The fourth-order valence-electron chi connectivity index (χ4n) is 3.40. The van der Waals surface area contributed by atoms with E-state index in [9.17, 15) is 4.79 Å². The van der Waals surface area contributed by atoms with E-state index in [-0.39, 0.29) is 5.56 Å². The lowest BCUT2D eigenvalue weighted by molar-refractivity contribution is 0.281. The van der Waals surface area contributed by atoms with Gasteiger partial charge in [-0.2, -0.15) is 0 Å². The Morgan fingerprint density at radius 1 is 1.07 bits per heavy atom. The first kappa shape index (κ1) is 23.8. The van der Waals surface area contributed by atoms with Crippen LogP contribution in [0.25, 0.3) is 10.9 Å². The van der Waals surface area contributed by atoms with Gasteiger partial charge in [0.15, 0.2) is 5.75 Å². The summed E-state index contributed by atoms with van der Waals surface area (Å²) in [6.45, 7) is 9.77. The van der Waals surface area contributed by atoms with Crippen molar-refractivity contribution in [3.05, 3.63) is 40.4 Å². The zero-order chi connectivity index (χ0) is 21.9. The molecule has 1 aromatic carbocycles. The van der Waals surface area contributed by atoms with Crippen LogP contribution >= 0.6 is 0 Å². The van der Waals surface area contributed by atoms with Crippen molar-refractivity contribution in [2.24, 2.45) is 7.05 Å². The van der Waals surface area contributed by atoms with E-state index in [1.54, 1.807) is 11.6 Å². The van der Waals surface area contributed by atoms with E-state index in [1.807, 2.05) is 38.1 Å². The lowest BCUT2D eigenvalue weighted by atomic mass is 10.1. The van der Waals surface area contributed by atoms with Gasteiger partial charge in [-0.05, 0) is 44.0 Å².